The Morgan fingerprint density at radius 2 is 2.18 bits per heavy atom. The predicted molar refractivity (Wildman–Crippen MR) is 65.6 cm³/mol. The molecule has 0 bridgehead atoms. The molecule has 1 aromatic carbocycles. The number of aromatic nitrogens is 2. The number of nitrogens with zero attached hydrogens (tertiary/aromatic N) is 3. The van der Waals surface area contributed by atoms with Crippen molar-refractivity contribution in [2.24, 2.45) is 0 Å². The lowest BCUT2D eigenvalue weighted by Gasteiger charge is -2.06. The average Bonchev–Trinajstić information content (AvgIpc) is 2.86. The Hall–Kier alpha value is -2.12. The summed E-state index contributed by atoms with van der Waals surface area (Å²) in [5.41, 5.74) is 1.88. The Bertz CT molecular complexity index is 510. The Balaban J connectivity index is 2.25. The standard InChI is InChI=1S/C13H14N4/c1-2-15-13(8-14)11-9-16-17(10-11)12-6-4-3-5-7-12/h3-7,9-10,13,15H,2H2,1H3. The van der Waals surface area contributed by atoms with E-state index < -0.39 is 0 Å². The molecule has 0 radical (unpaired) electrons. The molecule has 1 atom stereocenters. The third-order valence-electron chi connectivity index (χ3n) is 2.49. The van der Waals surface area contributed by atoms with Gasteiger partial charge >= 0.3 is 0 Å². The van der Waals surface area contributed by atoms with Crippen molar-refractivity contribution >= 4 is 0 Å². The van der Waals surface area contributed by atoms with Crippen LogP contribution in [0.3, 0.4) is 0 Å². The molecule has 0 saturated carbocycles. The first-order chi connectivity index (χ1) is 8.35. The molecule has 0 saturated heterocycles. The minimum Gasteiger partial charge on any atom is -0.298 e. The monoisotopic (exact) mass is 226 g/mol. The van der Waals surface area contributed by atoms with E-state index >= 15 is 0 Å². The Morgan fingerprint density at radius 3 is 2.82 bits per heavy atom. The Morgan fingerprint density at radius 1 is 1.41 bits per heavy atom. The van der Waals surface area contributed by atoms with Crippen molar-refractivity contribution in [3.63, 3.8) is 0 Å². The predicted octanol–water partition coefficient (Wildman–Crippen LogP) is 2.05. The molecule has 0 spiro atoms. The average molecular weight is 226 g/mol. The highest BCUT2D eigenvalue weighted by molar-refractivity contribution is 5.32. The molecule has 0 aliphatic rings. The van der Waals surface area contributed by atoms with Gasteiger partial charge in [0.1, 0.15) is 6.04 Å². The lowest BCUT2D eigenvalue weighted by Crippen LogP contribution is -2.18. The van der Waals surface area contributed by atoms with E-state index in [1.165, 1.54) is 0 Å². The van der Waals surface area contributed by atoms with Crippen LogP contribution in [0.15, 0.2) is 42.7 Å². The second-order valence-corrected chi connectivity index (χ2v) is 3.67. The first-order valence-corrected chi connectivity index (χ1v) is 5.58. The lowest BCUT2D eigenvalue weighted by atomic mass is 10.2. The number of benzene rings is 1. The van der Waals surface area contributed by atoms with Gasteiger partial charge in [-0.3, -0.25) is 5.32 Å². The SMILES string of the molecule is CCNC(C#N)c1cnn(-c2ccccc2)c1. The number of hydrogen-bond acceptors (Lipinski definition) is 3. The summed E-state index contributed by atoms with van der Waals surface area (Å²) < 4.78 is 1.77. The van der Waals surface area contributed by atoms with E-state index in [9.17, 15) is 0 Å². The summed E-state index contributed by atoms with van der Waals surface area (Å²) in [7, 11) is 0. The topological polar surface area (TPSA) is 53.6 Å². The van der Waals surface area contributed by atoms with E-state index in [1.54, 1.807) is 10.9 Å². The number of hydrogen-bond donors (Lipinski definition) is 1. The summed E-state index contributed by atoms with van der Waals surface area (Å²) in [5.74, 6) is 0. The maximum Gasteiger partial charge on any atom is 0.124 e. The van der Waals surface area contributed by atoms with Gasteiger partial charge in [-0.25, -0.2) is 4.68 Å². The van der Waals surface area contributed by atoms with Gasteiger partial charge in [-0.05, 0) is 18.7 Å². The van der Waals surface area contributed by atoms with Gasteiger partial charge in [0.15, 0.2) is 0 Å². The van der Waals surface area contributed by atoms with E-state index in [1.807, 2.05) is 43.5 Å². The van der Waals surface area contributed by atoms with E-state index in [-0.39, 0.29) is 6.04 Å². The van der Waals surface area contributed by atoms with Crippen LogP contribution in [0.5, 0.6) is 0 Å². The Kier molecular flexibility index (Phi) is 3.53. The fourth-order valence-corrected chi connectivity index (χ4v) is 1.65. The van der Waals surface area contributed by atoms with Gasteiger partial charge in [0.05, 0.1) is 18.0 Å². The molecule has 4 nitrogen and oxygen atoms in total. The maximum absolute atomic E-state index is 9.04. The van der Waals surface area contributed by atoms with E-state index in [4.69, 9.17) is 5.26 Å². The van der Waals surface area contributed by atoms with Crippen molar-refractivity contribution in [3.05, 3.63) is 48.3 Å². The minimum atomic E-state index is -0.294. The van der Waals surface area contributed by atoms with Crippen molar-refractivity contribution in [3.8, 4) is 11.8 Å². The van der Waals surface area contributed by atoms with Gasteiger partial charge in [0.2, 0.25) is 0 Å². The van der Waals surface area contributed by atoms with Gasteiger partial charge in [-0.2, -0.15) is 10.4 Å². The van der Waals surface area contributed by atoms with Crippen LogP contribution in [0.4, 0.5) is 0 Å². The summed E-state index contributed by atoms with van der Waals surface area (Å²) in [6, 6.07) is 11.8. The van der Waals surface area contributed by atoms with Crippen molar-refractivity contribution in [1.29, 1.82) is 5.26 Å². The highest BCUT2D eigenvalue weighted by Gasteiger charge is 2.11. The lowest BCUT2D eigenvalue weighted by molar-refractivity contribution is 0.658. The van der Waals surface area contributed by atoms with Crippen molar-refractivity contribution in [1.82, 2.24) is 15.1 Å². The molecule has 2 rings (SSSR count). The summed E-state index contributed by atoms with van der Waals surface area (Å²) in [5, 5.41) is 16.4. The maximum atomic E-state index is 9.04. The summed E-state index contributed by atoms with van der Waals surface area (Å²) >= 11 is 0. The second kappa shape index (κ2) is 5.28. The molecule has 0 aliphatic carbocycles. The zero-order chi connectivity index (χ0) is 12.1. The van der Waals surface area contributed by atoms with Crippen LogP contribution in [-0.2, 0) is 0 Å². The molecule has 1 unspecified atom stereocenters. The highest BCUT2D eigenvalue weighted by Crippen LogP contribution is 2.13. The molecular formula is C13H14N4. The number of rotatable bonds is 4. The summed E-state index contributed by atoms with van der Waals surface area (Å²) in [6.07, 6.45) is 3.61. The fraction of sp³-hybridized carbons (Fsp3) is 0.231. The van der Waals surface area contributed by atoms with Crippen LogP contribution in [-0.4, -0.2) is 16.3 Å². The molecule has 0 fully saturated rings. The third kappa shape index (κ3) is 2.52. The number of nitriles is 1. The normalized spacial score (nSPS) is 12.0. The molecule has 1 aromatic heterocycles. The van der Waals surface area contributed by atoms with E-state index in [0.717, 1.165) is 17.8 Å². The summed E-state index contributed by atoms with van der Waals surface area (Å²) in [4.78, 5) is 0. The van der Waals surface area contributed by atoms with Gasteiger partial charge in [-0.1, -0.05) is 25.1 Å². The van der Waals surface area contributed by atoms with Gasteiger partial charge in [0.25, 0.3) is 0 Å². The Labute approximate surface area is 100 Å². The van der Waals surface area contributed by atoms with Crippen LogP contribution >= 0.6 is 0 Å². The quantitative estimate of drug-likeness (QED) is 0.868. The molecule has 4 heteroatoms. The largest absolute Gasteiger partial charge is 0.298 e. The fourth-order valence-electron chi connectivity index (χ4n) is 1.65. The molecular weight excluding hydrogens is 212 g/mol. The molecule has 0 amide bonds. The molecule has 1 heterocycles. The zero-order valence-corrected chi connectivity index (χ0v) is 9.67. The minimum absolute atomic E-state index is 0.294. The zero-order valence-electron chi connectivity index (χ0n) is 9.67. The van der Waals surface area contributed by atoms with Gasteiger partial charge in [0, 0.05) is 11.8 Å². The highest BCUT2D eigenvalue weighted by atomic mass is 15.3. The van der Waals surface area contributed by atoms with Crippen LogP contribution < -0.4 is 5.32 Å². The smallest absolute Gasteiger partial charge is 0.124 e. The molecule has 1 N–H and O–H groups in total. The van der Waals surface area contributed by atoms with E-state index in [0.29, 0.717) is 0 Å². The molecule has 2 aromatic rings. The first kappa shape index (κ1) is 11.4. The van der Waals surface area contributed by atoms with E-state index in [2.05, 4.69) is 16.5 Å². The van der Waals surface area contributed by atoms with Crippen LogP contribution in [0.25, 0.3) is 5.69 Å². The third-order valence-corrected chi connectivity index (χ3v) is 2.49. The number of nitrogens with one attached hydrogen (secondary N) is 1. The van der Waals surface area contributed by atoms with Crippen LogP contribution in [0.1, 0.15) is 18.5 Å². The first-order valence-electron chi connectivity index (χ1n) is 5.58. The number of para-hydroxylation sites is 1. The van der Waals surface area contributed by atoms with Gasteiger partial charge < -0.3 is 0 Å². The summed E-state index contributed by atoms with van der Waals surface area (Å²) in [6.45, 7) is 2.74. The van der Waals surface area contributed by atoms with Crippen LogP contribution in [0.2, 0.25) is 0 Å². The molecule has 0 aliphatic heterocycles. The molecule has 17 heavy (non-hydrogen) atoms. The van der Waals surface area contributed by atoms with Gasteiger partial charge in [-0.15, -0.1) is 0 Å². The van der Waals surface area contributed by atoms with Crippen LogP contribution in [0, 0.1) is 11.3 Å². The molecule has 86 valence electrons. The van der Waals surface area contributed by atoms with Crippen molar-refractivity contribution in [2.75, 3.05) is 6.54 Å². The van der Waals surface area contributed by atoms with Crippen molar-refractivity contribution < 1.29 is 0 Å². The second-order valence-electron chi connectivity index (χ2n) is 3.67. The van der Waals surface area contributed by atoms with Crippen molar-refractivity contribution in [2.45, 2.75) is 13.0 Å².